The largest absolute Gasteiger partial charge is 0.484 e. The monoisotopic (exact) mass is 410 g/mol. The van der Waals surface area contributed by atoms with Crippen LogP contribution in [0.5, 0.6) is 5.75 Å². The molecule has 7 nitrogen and oxygen atoms in total. The SMILES string of the molecule is COC(=O)C1=C(C)NC(=O)/C1=C/c1ccc(OCC(=O)Nc2ccc(F)cc2)cc1. The van der Waals surface area contributed by atoms with E-state index in [9.17, 15) is 18.8 Å². The smallest absolute Gasteiger partial charge is 0.340 e. The molecule has 2 aromatic carbocycles. The third-order valence-electron chi connectivity index (χ3n) is 4.27. The molecule has 0 bridgehead atoms. The van der Waals surface area contributed by atoms with E-state index in [-0.39, 0.29) is 23.7 Å². The number of halogens is 1. The Bertz CT molecular complexity index is 1040. The van der Waals surface area contributed by atoms with Crippen molar-refractivity contribution in [2.24, 2.45) is 0 Å². The van der Waals surface area contributed by atoms with Crippen LogP contribution < -0.4 is 15.4 Å². The molecule has 0 fully saturated rings. The van der Waals surface area contributed by atoms with Gasteiger partial charge in [-0.3, -0.25) is 9.59 Å². The number of amides is 2. The Labute approximate surface area is 172 Å². The van der Waals surface area contributed by atoms with Crippen LogP contribution in [0.4, 0.5) is 10.1 Å². The lowest BCUT2D eigenvalue weighted by atomic mass is 10.0. The third-order valence-corrected chi connectivity index (χ3v) is 4.27. The van der Waals surface area contributed by atoms with Gasteiger partial charge in [0.05, 0.1) is 18.3 Å². The minimum absolute atomic E-state index is 0.195. The molecule has 2 N–H and O–H groups in total. The summed E-state index contributed by atoms with van der Waals surface area (Å²) < 4.78 is 23.1. The molecule has 0 atom stereocenters. The molecule has 2 aromatic rings. The van der Waals surface area contributed by atoms with Gasteiger partial charge in [0.2, 0.25) is 0 Å². The molecule has 8 heteroatoms. The van der Waals surface area contributed by atoms with Gasteiger partial charge in [-0.2, -0.15) is 0 Å². The fourth-order valence-electron chi connectivity index (χ4n) is 2.82. The van der Waals surface area contributed by atoms with Crippen molar-refractivity contribution in [2.45, 2.75) is 6.92 Å². The molecular formula is C22H19FN2O5. The van der Waals surface area contributed by atoms with Crippen LogP contribution in [-0.4, -0.2) is 31.5 Å². The summed E-state index contributed by atoms with van der Waals surface area (Å²) in [7, 11) is 1.25. The minimum Gasteiger partial charge on any atom is -0.484 e. The van der Waals surface area contributed by atoms with Crippen molar-refractivity contribution < 1.29 is 28.2 Å². The molecule has 0 saturated heterocycles. The van der Waals surface area contributed by atoms with E-state index in [0.29, 0.717) is 22.7 Å². The van der Waals surface area contributed by atoms with Gasteiger partial charge in [0.1, 0.15) is 11.6 Å². The van der Waals surface area contributed by atoms with E-state index in [1.165, 1.54) is 31.4 Å². The standard InChI is InChI=1S/C22H19FN2O5/c1-13-20(22(28)29-2)18(21(27)24-13)11-14-3-9-17(10-4-14)30-12-19(26)25-16-7-5-15(23)6-8-16/h3-11H,12H2,1-2H3,(H,24,27)(H,25,26)/b18-11+. The molecule has 1 heterocycles. The van der Waals surface area contributed by atoms with Crippen LogP contribution in [0.1, 0.15) is 12.5 Å². The Kier molecular flexibility index (Phi) is 6.26. The summed E-state index contributed by atoms with van der Waals surface area (Å²) in [6.45, 7) is 1.40. The van der Waals surface area contributed by atoms with Crippen LogP contribution in [0.25, 0.3) is 6.08 Å². The van der Waals surface area contributed by atoms with Gasteiger partial charge in [0.25, 0.3) is 11.8 Å². The number of rotatable bonds is 6. The number of methoxy groups -OCH3 is 1. The lowest BCUT2D eigenvalue weighted by molar-refractivity contribution is -0.136. The summed E-state index contributed by atoms with van der Waals surface area (Å²) in [5.74, 6) is -1.31. The van der Waals surface area contributed by atoms with Gasteiger partial charge in [0, 0.05) is 11.4 Å². The maximum absolute atomic E-state index is 12.9. The first-order chi connectivity index (χ1) is 14.4. The number of allylic oxidation sites excluding steroid dienone is 1. The van der Waals surface area contributed by atoms with E-state index in [1.54, 1.807) is 37.3 Å². The fourth-order valence-corrected chi connectivity index (χ4v) is 2.82. The molecule has 0 aliphatic carbocycles. The second-order valence-electron chi connectivity index (χ2n) is 6.42. The summed E-state index contributed by atoms with van der Waals surface area (Å²) in [6, 6.07) is 12.1. The van der Waals surface area contributed by atoms with Crippen molar-refractivity contribution in [3.63, 3.8) is 0 Å². The Morgan fingerprint density at radius 1 is 1.10 bits per heavy atom. The van der Waals surface area contributed by atoms with Crippen LogP contribution in [-0.2, 0) is 19.1 Å². The normalized spacial score (nSPS) is 14.5. The molecule has 2 amide bonds. The maximum atomic E-state index is 12.9. The molecule has 154 valence electrons. The van der Waals surface area contributed by atoms with E-state index >= 15 is 0 Å². The third kappa shape index (κ3) is 4.91. The minimum atomic E-state index is -0.593. The fraction of sp³-hybridized carbons (Fsp3) is 0.136. The first-order valence-electron chi connectivity index (χ1n) is 8.98. The molecule has 0 spiro atoms. The molecule has 3 rings (SSSR count). The van der Waals surface area contributed by atoms with Gasteiger partial charge in [-0.1, -0.05) is 12.1 Å². The van der Waals surface area contributed by atoms with Crippen LogP contribution in [0.2, 0.25) is 0 Å². The predicted octanol–water partition coefficient (Wildman–Crippen LogP) is 2.80. The molecule has 0 saturated carbocycles. The number of carbonyl (C=O) groups excluding carboxylic acids is 3. The number of hydrogen-bond acceptors (Lipinski definition) is 5. The second-order valence-corrected chi connectivity index (χ2v) is 6.42. The molecule has 1 aliphatic rings. The van der Waals surface area contributed by atoms with E-state index in [1.807, 2.05) is 0 Å². The van der Waals surface area contributed by atoms with Crippen LogP contribution in [0.15, 0.2) is 65.4 Å². The van der Waals surface area contributed by atoms with Crippen molar-refractivity contribution in [3.8, 4) is 5.75 Å². The summed E-state index contributed by atoms with van der Waals surface area (Å²) in [5, 5.41) is 5.20. The van der Waals surface area contributed by atoms with Crippen LogP contribution in [0, 0.1) is 5.82 Å². The van der Waals surface area contributed by atoms with E-state index in [4.69, 9.17) is 9.47 Å². The van der Waals surface area contributed by atoms with E-state index in [0.717, 1.165) is 0 Å². The molecule has 0 radical (unpaired) electrons. The zero-order valence-corrected chi connectivity index (χ0v) is 16.3. The van der Waals surface area contributed by atoms with Gasteiger partial charge in [-0.25, -0.2) is 9.18 Å². The lowest BCUT2D eigenvalue weighted by Crippen LogP contribution is -2.20. The maximum Gasteiger partial charge on any atom is 0.340 e. The molecule has 0 aromatic heterocycles. The van der Waals surface area contributed by atoms with Crippen molar-refractivity contribution in [1.82, 2.24) is 5.32 Å². The van der Waals surface area contributed by atoms with Crippen LogP contribution in [0.3, 0.4) is 0 Å². The number of benzene rings is 2. The molecule has 0 unspecified atom stereocenters. The quantitative estimate of drug-likeness (QED) is 0.564. The zero-order chi connectivity index (χ0) is 21.7. The van der Waals surface area contributed by atoms with Gasteiger partial charge in [-0.15, -0.1) is 0 Å². The Hall–Kier alpha value is -3.94. The van der Waals surface area contributed by atoms with E-state index in [2.05, 4.69) is 10.6 Å². The number of anilines is 1. The summed E-state index contributed by atoms with van der Waals surface area (Å²) in [4.78, 5) is 36.0. The first-order valence-corrected chi connectivity index (χ1v) is 8.98. The first kappa shape index (κ1) is 20.8. The average Bonchev–Trinajstić information content (AvgIpc) is 3.01. The summed E-state index contributed by atoms with van der Waals surface area (Å²) in [6.07, 6.45) is 1.57. The van der Waals surface area contributed by atoms with Gasteiger partial charge in [0.15, 0.2) is 6.61 Å². The van der Waals surface area contributed by atoms with Crippen LogP contribution >= 0.6 is 0 Å². The summed E-state index contributed by atoms with van der Waals surface area (Å²) >= 11 is 0. The Morgan fingerprint density at radius 2 is 1.77 bits per heavy atom. The van der Waals surface area contributed by atoms with Crippen molar-refractivity contribution in [2.75, 3.05) is 19.0 Å². The molecule has 1 aliphatic heterocycles. The molecule has 30 heavy (non-hydrogen) atoms. The van der Waals surface area contributed by atoms with Gasteiger partial charge in [-0.05, 0) is 55.0 Å². The predicted molar refractivity (Wildman–Crippen MR) is 108 cm³/mol. The number of carbonyl (C=O) groups is 3. The van der Waals surface area contributed by atoms with Crippen molar-refractivity contribution in [3.05, 3.63) is 76.8 Å². The Balaban J connectivity index is 1.63. The molecular weight excluding hydrogens is 391 g/mol. The Morgan fingerprint density at radius 3 is 2.40 bits per heavy atom. The number of esters is 1. The number of nitrogens with one attached hydrogen (secondary N) is 2. The van der Waals surface area contributed by atoms with E-state index < -0.39 is 17.7 Å². The highest BCUT2D eigenvalue weighted by Gasteiger charge is 2.30. The number of ether oxygens (including phenoxy) is 2. The number of hydrogen-bond donors (Lipinski definition) is 2. The van der Waals surface area contributed by atoms with Gasteiger partial charge < -0.3 is 20.1 Å². The topological polar surface area (TPSA) is 93.7 Å². The highest BCUT2D eigenvalue weighted by molar-refractivity contribution is 6.16. The van der Waals surface area contributed by atoms with Crippen molar-refractivity contribution in [1.29, 1.82) is 0 Å². The average molecular weight is 410 g/mol. The lowest BCUT2D eigenvalue weighted by Gasteiger charge is -2.08. The zero-order valence-electron chi connectivity index (χ0n) is 16.3. The highest BCUT2D eigenvalue weighted by atomic mass is 19.1. The van der Waals surface area contributed by atoms with Crippen molar-refractivity contribution >= 4 is 29.5 Å². The highest BCUT2D eigenvalue weighted by Crippen LogP contribution is 2.25. The second kappa shape index (κ2) is 9.04. The van der Waals surface area contributed by atoms with Gasteiger partial charge >= 0.3 is 5.97 Å². The summed E-state index contributed by atoms with van der Waals surface area (Å²) in [5.41, 5.74) is 1.98.